The van der Waals surface area contributed by atoms with Crippen molar-refractivity contribution in [2.24, 2.45) is 11.1 Å². The van der Waals surface area contributed by atoms with Gasteiger partial charge in [-0.1, -0.05) is 37.0 Å². The maximum atomic E-state index is 7.48. The third-order valence-corrected chi connectivity index (χ3v) is 4.34. The SMILES string of the molecule is CC(C)(CCSc1cc(Cl)ccc1Cl)C(=N)N. The Labute approximate surface area is 116 Å². The van der Waals surface area contributed by atoms with Crippen molar-refractivity contribution in [3.63, 3.8) is 0 Å². The molecule has 0 aliphatic rings. The lowest BCUT2D eigenvalue weighted by atomic mass is 9.89. The van der Waals surface area contributed by atoms with Gasteiger partial charge in [0, 0.05) is 15.3 Å². The zero-order valence-corrected chi connectivity index (χ0v) is 12.2. The summed E-state index contributed by atoms with van der Waals surface area (Å²) >= 11 is 13.6. The average Bonchev–Trinajstić information content (AvgIpc) is 2.22. The molecule has 0 bridgehead atoms. The molecule has 0 aliphatic carbocycles. The first kappa shape index (κ1) is 14.7. The lowest BCUT2D eigenvalue weighted by molar-refractivity contribution is 0.500. The molecule has 0 spiro atoms. The van der Waals surface area contributed by atoms with Gasteiger partial charge in [0.15, 0.2) is 0 Å². The maximum Gasteiger partial charge on any atom is 0.0963 e. The van der Waals surface area contributed by atoms with Gasteiger partial charge < -0.3 is 5.73 Å². The van der Waals surface area contributed by atoms with Crippen LogP contribution in [-0.2, 0) is 0 Å². The summed E-state index contributed by atoms with van der Waals surface area (Å²) in [4.78, 5) is 0.971. The number of benzene rings is 1. The van der Waals surface area contributed by atoms with Crippen LogP contribution in [0.3, 0.4) is 0 Å². The van der Waals surface area contributed by atoms with Crippen LogP contribution in [0, 0.1) is 10.8 Å². The van der Waals surface area contributed by atoms with Crippen LogP contribution in [0.2, 0.25) is 10.0 Å². The summed E-state index contributed by atoms with van der Waals surface area (Å²) in [6.07, 6.45) is 0.829. The van der Waals surface area contributed by atoms with Crippen LogP contribution in [0.15, 0.2) is 23.1 Å². The molecular formula is C12H16Cl2N2S. The Kier molecular flexibility index (Phi) is 5.17. The lowest BCUT2D eigenvalue weighted by Gasteiger charge is -2.22. The Hall–Kier alpha value is -0.380. The normalized spacial score (nSPS) is 11.5. The van der Waals surface area contributed by atoms with Crippen LogP contribution >= 0.6 is 35.0 Å². The summed E-state index contributed by atoms with van der Waals surface area (Å²) in [5, 5.41) is 8.87. The average molecular weight is 291 g/mol. The van der Waals surface area contributed by atoms with Gasteiger partial charge in [-0.2, -0.15) is 0 Å². The molecule has 0 aromatic heterocycles. The largest absolute Gasteiger partial charge is 0.387 e. The molecule has 0 heterocycles. The lowest BCUT2D eigenvalue weighted by Crippen LogP contribution is -2.31. The Bertz CT molecular complexity index is 419. The van der Waals surface area contributed by atoms with Crippen molar-refractivity contribution in [3.05, 3.63) is 28.2 Å². The number of thioether (sulfide) groups is 1. The van der Waals surface area contributed by atoms with E-state index in [0.29, 0.717) is 10.0 Å². The predicted molar refractivity (Wildman–Crippen MR) is 77.5 cm³/mol. The Morgan fingerprint density at radius 1 is 1.41 bits per heavy atom. The van der Waals surface area contributed by atoms with Gasteiger partial charge in [0.2, 0.25) is 0 Å². The first-order chi connectivity index (χ1) is 7.83. The molecule has 1 aromatic carbocycles. The Morgan fingerprint density at radius 2 is 2.06 bits per heavy atom. The highest BCUT2D eigenvalue weighted by Crippen LogP contribution is 2.32. The molecule has 0 aliphatic heterocycles. The van der Waals surface area contributed by atoms with Crippen molar-refractivity contribution in [3.8, 4) is 0 Å². The zero-order valence-electron chi connectivity index (χ0n) is 9.89. The van der Waals surface area contributed by atoms with Crippen LogP contribution in [-0.4, -0.2) is 11.6 Å². The van der Waals surface area contributed by atoms with Crippen LogP contribution in [0.25, 0.3) is 0 Å². The third kappa shape index (κ3) is 4.41. The predicted octanol–water partition coefficient (Wildman–Crippen LogP) is 4.44. The molecule has 0 atom stereocenters. The topological polar surface area (TPSA) is 49.9 Å². The van der Waals surface area contributed by atoms with E-state index in [1.807, 2.05) is 19.9 Å². The van der Waals surface area contributed by atoms with Crippen LogP contribution in [0.4, 0.5) is 0 Å². The number of hydrogen-bond acceptors (Lipinski definition) is 2. The molecular weight excluding hydrogens is 275 g/mol. The molecule has 0 radical (unpaired) electrons. The van der Waals surface area contributed by atoms with Gasteiger partial charge in [-0.3, -0.25) is 5.41 Å². The highest BCUT2D eigenvalue weighted by Gasteiger charge is 2.21. The van der Waals surface area contributed by atoms with Gasteiger partial charge in [0.25, 0.3) is 0 Å². The highest BCUT2D eigenvalue weighted by molar-refractivity contribution is 7.99. The summed E-state index contributed by atoms with van der Waals surface area (Å²) in [5.74, 6) is 1.07. The van der Waals surface area contributed by atoms with Crippen LogP contribution in [0.5, 0.6) is 0 Å². The summed E-state index contributed by atoms with van der Waals surface area (Å²) in [6, 6.07) is 5.42. The molecule has 3 N–H and O–H groups in total. The van der Waals surface area contributed by atoms with Gasteiger partial charge in [-0.05, 0) is 30.4 Å². The number of nitrogens with two attached hydrogens (primary N) is 1. The minimum atomic E-state index is -0.266. The fourth-order valence-corrected chi connectivity index (χ4v) is 2.91. The highest BCUT2D eigenvalue weighted by atomic mass is 35.5. The molecule has 0 saturated heterocycles. The third-order valence-electron chi connectivity index (χ3n) is 2.61. The van der Waals surface area contributed by atoms with Gasteiger partial charge in [-0.15, -0.1) is 11.8 Å². The van der Waals surface area contributed by atoms with Crippen molar-refractivity contribution in [1.82, 2.24) is 0 Å². The van der Waals surface area contributed by atoms with E-state index in [0.717, 1.165) is 17.1 Å². The molecule has 17 heavy (non-hydrogen) atoms. The molecule has 0 fully saturated rings. The van der Waals surface area contributed by atoms with E-state index in [2.05, 4.69) is 0 Å². The van der Waals surface area contributed by atoms with Crippen LogP contribution in [0.1, 0.15) is 20.3 Å². The van der Waals surface area contributed by atoms with Crippen molar-refractivity contribution in [2.45, 2.75) is 25.2 Å². The molecule has 0 amide bonds. The molecule has 94 valence electrons. The number of hydrogen-bond donors (Lipinski definition) is 2. The number of amidine groups is 1. The summed E-state index contributed by atoms with van der Waals surface area (Å²) < 4.78 is 0. The van der Waals surface area contributed by atoms with Crippen molar-refractivity contribution < 1.29 is 0 Å². The number of halogens is 2. The first-order valence-corrected chi connectivity index (χ1v) is 6.99. The van der Waals surface area contributed by atoms with Gasteiger partial charge in [-0.25, -0.2) is 0 Å². The molecule has 1 aromatic rings. The molecule has 5 heteroatoms. The van der Waals surface area contributed by atoms with Crippen molar-refractivity contribution >= 4 is 40.8 Å². The van der Waals surface area contributed by atoms with Crippen LogP contribution < -0.4 is 5.73 Å². The zero-order chi connectivity index (χ0) is 13.1. The quantitative estimate of drug-likeness (QED) is 0.479. The molecule has 2 nitrogen and oxygen atoms in total. The van der Waals surface area contributed by atoms with E-state index < -0.39 is 0 Å². The molecule has 1 rings (SSSR count). The van der Waals surface area contributed by atoms with E-state index in [4.69, 9.17) is 34.3 Å². The van der Waals surface area contributed by atoms with Crippen molar-refractivity contribution in [1.29, 1.82) is 5.41 Å². The first-order valence-electron chi connectivity index (χ1n) is 5.25. The van der Waals surface area contributed by atoms with Gasteiger partial charge in [0.05, 0.1) is 10.9 Å². The number of rotatable bonds is 5. The minimum absolute atomic E-state index is 0.218. The Morgan fingerprint density at radius 3 is 2.65 bits per heavy atom. The fourth-order valence-electron chi connectivity index (χ4n) is 1.14. The smallest absolute Gasteiger partial charge is 0.0963 e. The van der Waals surface area contributed by atoms with Gasteiger partial charge in [0.1, 0.15) is 0 Å². The molecule has 0 unspecified atom stereocenters. The fraction of sp³-hybridized carbons (Fsp3) is 0.417. The second-order valence-corrected chi connectivity index (χ2v) is 6.45. The number of nitrogens with one attached hydrogen (secondary N) is 1. The summed E-state index contributed by atoms with van der Waals surface area (Å²) in [5.41, 5.74) is 5.26. The molecule has 0 saturated carbocycles. The second kappa shape index (κ2) is 5.98. The standard InChI is InChI=1S/C12H16Cl2N2S/c1-12(2,11(15)16)5-6-17-10-7-8(13)3-4-9(10)14/h3-4,7H,5-6H2,1-2H3,(H3,15,16). The van der Waals surface area contributed by atoms with E-state index >= 15 is 0 Å². The Balaban J connectivity index is 2.57. The summed E-state index contributed by atoms with van der Waals surface area (Å²) in [6.45, 7) is 3.94. The van der Waals surface area contributed by atoms with E-state index in [-0.39, 0.29) is 11.3 Å². The maximum absolute atomic E-state index is 7.48. The van der Waals surface area contributed by atoms with E-state index in [9.17, 15) is 0 Å². The summed E-state index contributed by atoms with van der Waals surface area (Å²) in [7, 11) is 0. The minimum Gasteiger partial charge on any atom is -0.387 e. The van der Waals surface area contributed by atoms with E-state index in [1.165, 1.54) is 0 Å². The monoisotopic (exact) mass is 290 g/mol. The second-order valence-electron chi connectivity index (χ2n) is 4.47. The van der Waals surface area contributed by atoms with E-state index in [1.54, 1.807) is 23.9 Å². The van der Waals surface area contributed by atoms with Crippen molar-refractivity contribution in [2.75, 3.05) is 5.75 Å². The van der Waals surface area contributed by atoms with Gasteiger partial charge >= 0.3 is 0 Å².